The number of anilines is 2. The first kappa shape index (κ1) is 11.1. The van der Waals surface area contributed by atoms with Gasteiger partial charge in [-0.05, 0) is 47.0 Å². The molecule has 0 aliphatic carbocycles. The summed E-state index contributed by atoms with van der Waals surface area (Å²) in [5, 5.41) is 7.41. The molecule has 3 aromatic rings. The van der Waals surface area contributed by atoms with Crippen molar-refractivity contribution >= 4 is 34.1 Å². The fraction of sp³-hybridized carbons (Fsp3) is 0.154. The van der Waals surface area contributed by atoms with Gasteiger partial charge >= 0.3 is 0 Å². The number of aromatic nitrogens is 1. The van der Waals surface area contributed by atoms with Gasteiger partial charge in [0.2, 0.25) is 0 Å². The first-order valence-electron chi connectivity index (χ1n) is 5.72. The van der Waals surface area contributed by atoms with Crippen LogP contribution in [0.5, 0.6) is 0 Å². The quantitative estimate of drug-likeness (QED) is 0.706. The normalized spacial score (nSPS) is 10.9. The van der Waals surface area contributed by atoms with Crippen LogP contribution in [0.15, 0.2) is 39.4 Å². The summed E-state index contributed by atoms with van der Waals surface area (Å²) >= 11 is 1.71. The zero-order valence-corrected chi connectivity index (χ0v) is 10.5. The lowest BCUT2D eigenvalue weighted by atomic mass is 10.2. The second-order valence-electron chi connectivity index (χ2n) is 4.05. The number of hydrogen-bond donors (Lipinski definition) is 2. The van der Waals surface area contributed by atoms with E-state index in [0.717, 1.165) is 24.1 Å². The minimum atomic E-state index is 0.547. The van der Waals surface area contributed by atoms with E-state index in [-0.39, 0.29) is 0 Å². The summed E-state index contributed by atoms with van der Waals surface area (Å²) in [6.45, 7) is 0.805. The third-order valence-electron chi connectivity index (χ3n) is 2.68. The molecule has 0 atom stereocenters. The average molecular weight is 259 g/mol. The summed E-state index contributed by atoms with van der Waals surface area (Å²) in [6, 6.07) is 8.12. The van der Waals surface area contributed by atoms with Crippen LogP contribution in [-0.2, 0) is 6.42 Å². The molecule has 2 heterocycles. The summed E-state index contributed by atoms with van der Waals surface area (Å²) in [6.07, 6.45) is 0.963. The van der Waals surface area contributed by atoms with Crippen LogP contribution in [0, 0.1) is 0 Å². The predicted molar refractivity (Wildman–Crippen MR) is 74.9 cm³/mol. The second kappa shape index (κ2) is 4.70. The lowest BCUT2D eigenvalue weighted by molar-refractivity contribution is 0.614. The number of oxazole rings is 1. The van der Waals surface area contributed by atoms with E-state index in [1.54, 1.807) is 11.3 Å². The summed E-state index contributed by atoms with van der Waals surface area (Å²) in [7, 11) is 0. The Hall–Kier alpha value is -2.01. The largest absolute Gasteiger partial charge is 0.424 e. The number of rotatable bonds is 4. The maximum absolute atomic E-state index is 5.70. The smallest absolute Gasteiger partial charge is 0.295 e. The maximum atomic E-state index is 5.70. The van der Waals surface area contributed by atoms with Gasteiger partial charge in [0, 0.05) is 12.2 Å². The van der Waals surface area contributed by atoms with Crippen molar-refractivity contribution in [2.45, 2.75) is 6.42 Å². The van der Waals surface area contributed by atoms with Crippen molar-refractivity contribution in [1.82, 2.24) is 4.98 Å². The van der Waals surface area contributed by atoms with Gasteiger partial charge in [-0.25, -0.2) is 0 Å². The average Bonchev–Trinajstić information content (AvgIpc) is 2.97. The SMILES string of the molecule is Nc1ccc2oc(NCCc3ccsc3)nc2c1. The van der Waals surface area contributed by atoms with E-state index in [0.29, 0.717) is 11.7 Å². The van der Waals surface area contributed by atoms with E-state index in [9.17, 15) is 0 Å². The summed E-state index contributed by atoms with van der Waals surface area (Å²) in [5.74, 6) is 0. The first-order valence-corrected chi connectivity index (χ1v) is 6.66. The van der Waals surface area contributed by atoms with Crippen molar-refractivity contribution in [3.63, 3.8) is 0 Å². The van der Waals surface area contributed by atoms with Gasteiger partial charge in [-0.1, -0.05) is 0 Å². The Balaban J connectivity index is 1.67. The highest BCUT2D eigenvalue weighted by molar-refractivity contribution is 7.07. The zero-order chi connectivity index (χ0) is 12.4. The van der Waals surface area contributed by atoms with Gasteiger partial charge in [0.25, 0.3) is 6.01 Å². The molecule has 2 aromatic heterocycles. The molecule has 0 aliphatic heterocycles. The van der Waals surface area contributed by atoms with Crippen molar-refractivity contribution < 1.29 is 4.42 Å². The van der Waals surface area contributed by atoms with Gasteiger partial charge in [-0.15, -0.1) is 0 Å². The predicted octanol–water partition coefficient (Wildman–Crippen LogP) is 3.13. The first-order chi connectivity index (χ1) is 8.81. The van der Waals surface area contributed by atoms with Crippen LogP contribution in [0.25, 0.3) is 11.1 Å². The lowest BCUT2D eigenvalue weighted by Gasteiger charge is -1.98. The molecule has 1 aromatic carbocycles. The van der Waals surface area contributed by atoms with E-state index >= 15 is 0 Å². The molecule has 0 saturated heterocycles. The molecule has 0 amide bonds. The molecule has 0 aliphatic rings. The topological polar surface area (TPSA) is 64.1 Å². The zero-order valence-electron chi connectivity index (χ0n) is 9.72. The van der Waals surface area contributed by atoms with Crippen molar-refractivity contribution in [1.29, 1.82) is 0 Å². The van der Waals surface area contributed by atoms with Crippen molar-refractivity contribution in [2.24, 2.45) is 0 Å². The van der Waals surface area contributed by atoms with Gasteiger partial charge in [-0.3, -0.25) is 0 Å². The Bertz CT molecular complexity index is 645. The van der Waals surface area contributed by atoms with Crippen molar-refractivity contribution in [3.8, 4) is 0 Å². The van der Waals surface area contributed by atoms with Crippen LogP contribution in [0.2, 0.25) is 0 Å². The van der Waals surface area contributed by atoms with Crippen molar-refractivity contribution in [2.75, 3.05) is 17.6 Å². The molecular formula is C13H13N3OS. The Morgan fingerprint density at radius 1 is 1.33 bits per heavy atom. The van der Waals surface area contributed by atoms with E-state index in [2.05, 4.69) is 27.1 Å². The molecule has 4 nitrogen and oxygen atoms in total. The molecule has 92 valence electrons. The van der Waals surface area contributed by atoms with E-state index < -0.39 is 0 Å². The third-order valence-corrected chi connectivity index (χ3v) is 3.41. The monoisotopic (exact) mass is 259 g/mol. The highest BCUT2D eigenvalue weighted by atomic mass is 32.1. The van der Waals surface area contributed by atoms with Gasteiger partial charge in [0.15, 0.2) is 5.58 Å². The minimum absolute atomic E-state index is 0.547. The maximum Gasteiger partial charge on any atom is 0.295 e. The van der Waals surface area contributed by atoms with Gasteiger partial charge in [0.05, 0.1) is 0 Å². The second-order valence-corrected chi connectivity index (χ2v) is 4.83. The summed E-state index contributed by atoms with van der Waals surface area (Å²) in [4.78, 5) is 4.34. The highest BCUT2D eigenvalue weighted by Crippen LogP contribution is 2.20. The number of nitrogens with one attached hydrogen (secondary N) is 1. The molecule has 3 rings (SSSR count). The van der Waals surface area contributed by atoms with Gasteiger partial charge < -0.3 is 15.5 Å². The molecule has 0 saturated carbocycles. The molecular weight excluding hydrogens is 246 g/mol. The molecule has 3 N–H and O–H groups in total. The Kier molecular flexibility index (Phi) is 2.90. The van der Waals surface area contributed by atoms with Crippen LogP contribution in [0.4, 0.5) is 11.7 Å². The van der Waals surface area contributed by atoms with Crippen molar-refractivity contribution in [3.05, 3.63) is 40.6 Å². The number of hydrogen-bond acceptors (Lipinski definition) is 5. The lowest BCUT2D eigenvalue weighted by Crippen LogP contribution is -2.04. The number of thiophene rings is 1. The van der Waals surface area contributed by atoms with Crippen LogP contribution in [-0.4, -0.2) is 11.5 Å². The number of nitrogens with two attached hydrogens (primary N) is 1. The van der Waals surface area contributed by atoms with Crippen LogP contribution in [0.3, 0.4) is 0 Å². The van der Waals surface area contributed by atoms with Gasteiger partial charge in [-0.2, -0.15) is 16.3 Å². The van der Waals surface area contributed by atoms with Crippen LogP contribution in [0.1, 0.15) is 5.56 Å². The fourth-order valence-corrected chi connectivity index (χ4v) is 2.47. The number of nitrogen functional groups attached to an aromatic ring is 1. The van der Waals surface area contributed by atoms with Gasteiger partial charge in [0.1, 0.15) is 5.52 Å². The summed E-state index contributed by atoms with van der Waals surface area (Å²) < 4.78 is 5.57. The molecule has 5 heteroatoms. The Morgan fingerprint density at radius 3 is 3.11 bits per heavy atom. The Labute approximate surface area is 108 Å². The van der Waals surface area contributed by atoms with E-state index in [1.165, 1.54) is 5.56 Å². The molecule has 18 heavy (non-hydrogen) atoms. The van der Waals surface area contributed by atoms with E-state index in [4.69, 9.17) is 10.2 Å². The van der Waals surface area contributed by atoms with E-state index in [1.807, 2.05) is 18.2 Å². The number of benzene rings is 1. The highest BCUT2D eigenvalue weighted by Gasteiger charge is 2.05. The van der Waals surface area contributed by atoms with Crippen LogP contribution >= 0.6 is 11.3 Å². The third kappa shape index (κ3) is 2.31. The fourth-order valence-electron chi connectivity index (χ4n) is 1.77. The van der Waals surface area contributed by atoms with Crippen LogP contribution < -0.4 is 11.1 Å². The standard InChI is InChI=1S/C13H13N3OS/c14-10-1-2-12-11(7-10)16-13(17-12)15-5-3-9-4-6-18-8-9/h1-2,4,6-8H,3,5,14H2,(H,15,16). The Morgan fingerprint density at radius 2 is 2.28 bits per heavy atom. The molecule has 0 radical (unpaired) electrons. The minimum Gasteiger partial charge on any atom is -0.424 e. The number of fused-ring (bicyclic) bond motifs is 1. The molecule has 0 fully saturated rings. The molecule has 0 bridgehead atoms. The summed E-state index contributed by atoms with van der Waals surface area (Å²) in [5.41, 5.74) is 9.26. The molecule has 0 unspecified atom stereocenters. The molecule has 0 spiro atoms. The number of nitrogens with zero attached hydrogens (tertiary/aromatic N) is 1.